The monoisotopic (exact) mass is 153 g/mol. The lowest BCUT2D eigenvalue weighted by atomic mass is 10.1. The molecule has 1 aromatic rings. The molecule has 0 spiro atoms. The van der Waals surface area contributed by atoms with Crippen LogP contribution < -0.4 is 11.0 Å². The van der Waals surface area contributed by atoms with Crippen LogP contribution in [0.4, 0.5) is 0 Å². The van der Waals surface area contributed by atoms with Crippen molar-refractivity contribution < 1.29 is 0 Å². The zero-order chi connectivity index (χ0) is 7.56. The van der Waals surface area contributed by atoms with Crippen LogP contribution in [-0.4, -0.2) is 0 Å². The van der Waals surface area contributed by atoms with Crippen LogP contribution in [0, 0.1) is 6.92 Å². The van der Waals surface area contributed by atoms with Gasteiger partial charge in [-0.3, -0.25) is 0 Å². The molecule has 0 aromatic heterocycles. The fourth-order valence-electron chi connectivity index (χ4n) is 0.911. The van der Waals surface area contributed by atoms with E-state index in [-0.39, 0.29) is 0 Å². The highest BCUT2D eigenvalue weighted by molar-refractivity contribution is 7.27. The summed E-state index contributed by atoms with van der Waals surface area (Å²) in [5.74, 6) is 0. The van der Waals surface area contributed by atoms with Crippen molar-refractivity contribution in [3.8, 4) is 0 Å². The normalized spacial score (nSPS) is 9.90. The van der Waals surface area contributed by atoms with Gasteiger partial charge in [0, 0.05) is 6.54 Å². The second-order valence-electron chi connectivity index (χ2n) is 2.39. The molecular formula is C8H12NP. The Labute approximate surface area is 63.8 Å². The van der Waals surface area contributed by atoms with Crippen molar-refractivity contribution in [2.45, 2.75) is 13.5 Å². The van der Waals surface area contributed by atoms with Gasteiger partial charge in [-0.05, 0) is 23.4 Å². The molecule has 0 fully saturated rings. The van der Waals surface area contributed by atoms with Crippen molar-refractivity contribution in [1.82, 2.24) is 0 Å². The Hall–Kier alpha value is -0.390. The lowest BCUT2D eigenvalue weighted by Gasteiger charge is -2.02. The third-order valence-electron chi connectivity index (χ3n) is 1.59. The zero-order valence-electron chi connectivity index (χ0n) is 6.09. The molecule has 0 saturated carbocycles. The van der Waals surface area contributed by atoms with Crippen LogP contribution in [0.25, 0.3) is 0 Å². The minimum atomic E-state index is 0.633. The molecule has 2 heteroatoms. The molecule has 0 heterocycles. The van der Waals surface area contributed by atoms with Crippen molar-refractivity contribution in [2.24, 2.45) is 5.73 Å². The van der Waals surface area contributed by atoms with Gasteiger partial charge in [0.2, 0.25) is 0 Å². The molecule has 1 unspecified atom stereocenters. The van der Waals surface area contributed by atoms with Gasteiger partial charge in [0.1, 0.15) is 0 Å². The molecule has 0 amide bonds. The number of benzene rings is 1. The number of hydrogen-bond acceptors (Lipinski definition) is 1. The van der Waals surface area contributed by atoms with Gasteiger partial charge in [-0.15, -0.1) is 9.24 Å². The topological polar surface area (TPSA) is 26.0 Å². The summed E-state index contributed by atoms with van der Waals surface area (Å²) in [5.41, 5.74) is 8.01. The highest BCUT2D eigenvalue weighted by Crippen LogP contribution is 2.05. The van der Waals surface area contributed by atoms with Crippen LogP contribution in [-0.2, 0) is 6.54 Å². The first-order valence-corrected chi connectivity index (χ1v) is 3.87. The lowest BCUT2D eigenvalue weighted by Crippen LogP contribution is -2.02. The van der Waals surface area contributed by atoms with E-state index in [1.165, 1.54) is 16.4 Å². The molecule has 1 aromatic carbocycles. The average molecular weight is 153 g/mol. The van der Waals surface area contributed by atoms with E-state index < -0.39 is 0 Å². The summed E-state index contributed by atoms with van der Waals surface area (Å²) in [6.45, 7) is 2.71. The summed E-state index contributed by atoms with van der Waals surface area (Å²) in [7, 11) is 2.66. The van der Waals surface area contributed by atoms with Crippen LogP contribution in [0.15, 0.2) is 18.2 Å². The van der Waals surface area contributed by atoms with Gasteiger partial charge in [-0.2, -0.15) is 0 Å². The highest BCUT2D eigenvalue weighted by atomic mass is 31.0. The van der Waals surface area contributed by atoms with Gasteiger partial charge in [0.05, 0.1) is 0 Å². The Bertz CT molecular complexity index is 233. The highest BCUT2D eigenvalue weighted by Gasteiger charge is 1.93. The standard InChI is InChI=1S/C8H12NP/c1-6-2-3-8(10)4-7(6)5-9/h2-4H,5,9-10H2,1H3. The third kappa shape index (κ3) is 1.56. The van der Waals surface area contributed by atoms with Crippen molar-refractivity contribution in [3.63, 3.8) is 0 Å². The van der Waals surface area contributed by atoms with E-state index in [0.717, 1.165) is 0 Å². The average Bonchev–Trinajstić information content (AvgIpc) is 1.94. The maximum Gasteiger partial charge on any atom is 0.0180 e. The fourth-order valence-corrected chi connectivity index (χ4v) is 1.21. The van der Waals surface area contributed by atoms with E-state index in [1.807, 2.05) is 0 Å². The molecule has 0 bridgehead atoms. The summed E-state index contributed by atoms with van der Waals surface area (Å²) in [6, 6.07) is 6.25. The van der Waals surface area contributed by atoms with Gasteiger partial charge >= 0.3 is 0 Å². The first-order valence-electron chi connectivity index (χ1n) is 3.29. The molecule has 1 rings (SSSR count). The molecule has 1 atom stereocenters. The SMILES string of the molecule is Cc1ccc(P)cc1CN. The van der Waals surface area contributed by atoms with Crippen molar-refractivity contribution >= 4 is 14.5 Å². The van der Waals surface area contributed by atoms with Crippen LogP contribution in [0.3, 0.4) is 0 Å². The summed E-state index contributed by atoms with van der Waals surface area (Å²) in [6.07, 6.45) is 0. The number of aryl methyl sites for hydroxylation is 1. The summed E-state index contributed by atoms with van der Waals surface area (Å²) in [4.78, 5) is 0. The van der Waals surface area contributed by atoms with Gasteiger partial charge in [-0.1, -0.05) is 18.2 Å². The first-order chi connectivity index (χ1) is 4.74. The van der Waals surface area contributed by atoms with E-state index in [9.17, 15) is 0 Å². The predicted molar refractivity (Wildman–Crippen MR) is 48.4 cm³/mol. The maximum atomic E-state index is 5.51. The smallest absolute Gasteiger partial charge is 0.0180 e. The zero-order valence-corrected chi connectivity index (χ0v) is 7.25. The molecule has 2 N–H and O–H groups in total. The molecule has 1 nitrogen and oxygen atoms in total. The second-order valence-corrected chi connectivity index (χ2v) is 3.06. The Morgan fingerprint density at radius 1 is 1.50 bits per heavy atom. The largest absolute Gasteiger partial charge is 0.326 e. The first kappa shape index (κ1) is 7.71. The number of hydrogen-bond donors (Lipinski definition) is 1. The Morgan fingerprint density at radius 3 is 2.70 bits per heavy atom. The molecule has 0 aliphatic rings. The molecule has 0 radical (unpaired) electrons. The minimum Gasteiger partial charge on any atom is -0.326 e. The molecule has 54 valence electrons. The van der Waals surface area contributed by atoms with Gasteiger partial charge < -0.3 is 5.73 Å². The van der Waals surface area contributed by atoms with Crippen molar-refractivity contribution in [3.05, 3.63) is 29.3 Å². The van der Waals surface area contributed by atoms with E-state index in [1.54, 1.807) is 0 Å². The van der Waals surface area contributed by atoms with Crippen LogP contribution in [0.5, 0.6) is 0 Å². The number of rotatable bonds is 1. The maximum absolute atomic E-state index is 5.51. The lowest BCUT2D eigenvalue weighted by molar-refractivity contribution is 1.05. The quantitative estimate of drug-likeness (QED) is 0.597. The summed E-state index contributed by atoms with van der Waals surface area (Å²) < 4.78 is 0. The minimum absolute atomic E-state index is 0.633. The van der Waals surface area contributed by atoms with Gasteiger partial charge in [-0.25, -0.2) is 0 Å². The Kier molecular flexibility index (Phi) is 2.42. The second kappa shape index (κ2) is 3.14. The predicted octanol–water partition coefficient (Wildman–Crippen LogP) is 0.954. The van der Waals surface area contributed by atoms with Crippen molar-refractivity contribution in [1.29, 1.82) is 0 Å². The van der Waals surface area contributed by atoms with E-state index in [2.05, 4.69) is 34.4 Å². The summed E-state index contributed by atoms with van der Waals surface area (Å²) >= 11 is 0. The van der Waals surface area contributed by atoms with Crippen LogP contribution in [0.1, 0.15) is 11.1 Å². The molecule has 0 aliphatic carbocycles. The van der Waals surface area contributed by atoms with E-state index in [0.29, 0.717) is 6.54 Å². The van der Waals surface area contributed by atoms with Gasteiger partial charge in [0.15, 0.2) is 0 Å². The third-order valence-corrected chi connectivity index (χ3v) is 1.95. The van der Waals surface area contributed by atoms with Crippen LogP contribution >= 0.6 is 9.24 Å². The Morgan fingerprint density at radius 2 is 2.20 bits per heavy atom. The van der Waals surface area contributed by atoms with E-state index in [4.69, 9.17) is 5.73 Å². The molecule has 0 aliphatic heterocycles. The Balaban J connectivity index is 3.09. The fraction of sp³-hybridized carbons (Fsp3) is 0.250. The number of nitrogens with two attached hydrogens (primary N) is 1. The van der Waals surface area contributed by atoms with E-state index >= 15 is 0 Å². The molecule has 0 saturated heterocycles. The van der Waals surface area contributed by atoms with Gasteiger partial charge in [0.25, 0.3) is 0 Å². The summed E-state index contributed by atoms with van der Waals surface area (Å²) in [5, 5.41) is 1.20. The molecule has 10 heavy (non-hydrogen) atoms. The molecular weight excluding hydrogens is 141 g/mol. The van der Waals surface area contributed by atoms with Crippen molar-refractivity contribution in [2.75, 3.05) is 0 Å². The van der Waals surface area contributed by atoms with Crippen LogP contribution in [0.2, 0.25) is 0 Å².